The van der Waals surface area contributed by atoms with E-state index >= 15 is 0 Å². The van der Waals surface area contributed by atoms with Crippen molar-refractivity contribution in [2.24, 2.45) is 0 Å². The second-order valence-electron chi connectivity index (χ2n) is 7.67. The summed E-state index contributed by atoms with van der Waals surface area (Å²) in [5.74, 6) is 1.08. The Hall–Kier alpha value is -1.99. The monoisotopic (exact) mass is 399 g/mol. The number of thiophene rings is 1. The third-order valence-corrected chi connectivity index (χ3v) is 6.75. The van der Waals surface area contributed by atoms with Crippen LogP contribution in [-0.4, -0.2) is 71.5 Å². The molecule has 0 N–H and O–H groups in total. The minimum absolute atomic E-state index is 0.244. The van der Waals surface area contributed by atoms with Crippen molar-refractivity contribution in [1.82, 2.24) is 19.8 Å². The first-order chi connectivity index (χ1) is 13.7. The van der Waals surface area contributed by atoms with Gasteiger partial charge in [-0.05, 0) is 51.3 Å². The lowest BCUT2D eigenvalue weighted by Crippen LogP contribution is -2.47. The van der Waals surface area contributed by atoms with Gasteiger partial charge in [-0.15, -0.1) is 11.3 Å². The predicted molar refractivity (Wildman–Crippen MR) is 113 cm³/mol. The number of hydrogen-bond donors (Lipinski definition) is 0. The zero-order chi connectivity index (χ0) is 19.3. The highest BCUT2D eigenvalue weighted by atomic mass is 32.1. The quantitative estimate of drug-likeness (QED) is 0.699. The summed E-state index contributed by atoms with van der Waals surface area (Å²) in [5.41, 5.74) is 0.958. The van der Waals surface area contributed by atoms with Gasteiger partial charge in [-0.25, -0.2) is 9.97 Å². The van der Waals surface area contributed by atoms with Crippen molar-refractivity contribution < 1.29 is 4.79 Å². The standard InChI is InChI=1S/C21H29N5OS/c1-17-16-18-19(28-17)6-4-11-25(20(18)27)10-3-2-9-24-12-14-26(15-13-24)21-22-7-5-8-23-21/h5,7-8,16H,2-4,6,9-15H2,1H3. The summed E-state index contributed by atoms with van der Waals surface area (Å²) in [4.78, 5) is 30.9. The number of piperazine rings is 1. The summed E-state index contributed by atoms with van der Waals surface area (Å²) in [6, 6.07) is 3.94. The zero-order valence-corrected chi connectivity index (χ0v) is 17.5. The van der Waals surface area contributed by atoms with Gasteiger partial charge in [-0.1, -0.05) is 0 Å². The Labute approximate surface area is 171 Å². The molecule has 2 aliphatic rings. The highest BCUT2D eigenvalue weighted by Crippen LogP contribution is 2.27. The first kappa shape index (κ1) is 19.3. The van der Waals surface area contributed by atoms with E-state index in [-0.39, 0.29) is 5.91 Å². The highest BCUT2D eigenvalue weighted by Gasteiger charge is 2.24. The summed E-state index contributed by atoms with van der Waals surface area (Å²) in [6.07, 6.45) is 7.96. The van der Waals surface area contributed by atoms with Gasteiger partial charge >= 0.3 is 0 Å². The topological polar surface area (TPSA) is 52.6 Å². The van der Waals surface area contributed by atoms with Crippen LogP contribution in [0.1, 0.15) is 39.4 Å². The largest absolute Gasteiger partial charge is 0.339 e. The van der Waals surface area contributed by atoms with E-state index < -0.39 is 0 Å². The Morgan fingerprint density at radius 1 is 1.04 bits per heavy atom. The van der Waals surface area contributed by atoms with Gasteiger partial charge in [-0.2, -0.15) is 0 Å². The number of nitrogens with zero attached hydrogens (tertiary/aromatic N) is 5. The number of carbonyl (C=O) groups excluding carboxylic acids is 1. The maximum Gasteiger partial charge on any atom is 0.254 e. The number of fused-ring (bicyclic) bond motifs is 1. The van der Waals surface area contributed by atoms with E-state index in [1.807, 2.05) is 6.07 Å². The molecular formula is C21H29N5OS. The number of aryl methyl sites for hydroxylation is 2. The molecule has 0 saturated carbocycles. The van der Waals surface area contributed by atoms with Gasteiger partial charge < -0.3 is 9.80 Å². The third kappa shape index (κ3) is 4.52. The second kappa shape index (κ2) is 9.01. The maximum absolute atomic E-state index is 12.8. The summed E-state index contributed by atoms with van der Waals surface area (Å²) in [7, 11) is 0. The van der Waals surface area contributed by atoms with Crippen LogP contribution in [0.2, 0.25) is 0 Å². The molecule has 6 nitrogen and oxygen atoms in total. The normalized spacial score (nSPS) is 18.2. The van der Waals surface area contributed by atoms with Crippen LogP contribution in [0.4, 0.5) is 5.95 Å². The molecule has 0 spiro atoms. The molecule has 2 aromatic rings. The van der Waals surface area contributed by atoms with Gasteiger partial charge in [0.15, 0.2) is 0 Å². The van der Waals surface area contributed by atoms with Crippen LogP contribution < -0.4 is 4.90 Å². The van der Waals surface area contributed by atoms with E-state index in [4.69, 9.17) is 0 Å². The molecule has 0 bridgehead atoms. The van der Waals surface area contributed by atoms with Gasteiger partial charge in [0.2, 0.25) is 5.95 Å². The van der Waals surface area contributed by atoms with Crippen molar-refractivity contribution in [3.8, 4) is 0 Å². The number of unbranched alkanes of at least 4 members (excludes halogenated alkanes) is 1. The van der Waals surface area contributed by atoms with Crippen LogP contribution in [-0.2, 0) is 6.42 Å². The molecule has 0 aliphatic carbocycles. The fraction of sp³-hybridized carbons (Fsp3) is 0.571. The second-order valence-corrected chi connectivity index (χ2v) is 9.02. The van der Waals surface area contributed by atoms with Crippen LogP contribution in [0.25, 0.3) is 0 Å². The van der Waals surface area contributed by atoms with Gasteiger partial charge in [0.25, 0.3) is 5.91 Å². The zero-order valence-electron chi connectivity index (χ0n) is 16.6. The molecule has 1 saturated heterocycles. The van der Waals surface area contributed by atoms with Crippen molar-refractivity contribution >= 4 is 23.2 Å². The van der Waals surface area contributed by atoms with Crippen molar-refractivity contribution in [2.45, 2.75) is 32.6 Å². The molecule has 0 aromatic carbocycles. The fourth-order valence-corrected chi connectivity index (χ4v) is 5.18. The molecule has 1 amide bonds. The van der Waals surface area contributed by atoms with Crippen LogP contribution in [0.5, 0.6) is 0 Å². The van der Waals surface area contributed by atoms with Gasteiger partial charge in [0.1, 0.15) is 0 Å². The first-order valence-corrected chi connectivity index (χ1v) is 11.2. The average Bonchev–Trinajstić information content (AvgIpc) is 3.04. The molecule has 1 fully saturated rings. The maximum atomic E-state index is 12.8. The van der Waals surface area contributed by atoms with Crippen LogP contribution >= 0.6 is 11.3 Å². The number of anilines is 1. The number of hydrogen-bond acceptors (Lipinski definition) is 6. The SMILES string of the molecule is Cc1cc2c(s1)CCCN(CCCCN1CCN(c3ncccn3)CC1)C2=O. The van der Waals surface area contributed by atoms with Gasteiger partial charge in [0.05, 0.1) is 5.56 Å². The molecule has 7 heteroatoms. The van der Waals surface area contributed by atoms with Gasteiger partial charge in [-0.3, -0.25) is 9.69 Å². The minimum atomic E-state index is 0.244. The Balaban J connectivity index is 1.19. The fourth-order valence-electron chi connectivity index (χ4n) is 4.11. The van der Waals surface area contributed by atoms with Crippen molar-refractivity contribution in [2.75, 3.05) is 50.7 Å². The predicted octanol–water partition coefficient (Wildman–Crippen LogP) is 2.84. The molecule has 2 aromatic heterocycles. The number of aromatic nitrogens is 2. The molecule has 2 aliphatic heterocycles. The highest BCUT2D eigenvalue weighted by molar-refractivity contribution is 7.12. The molecule has 150 valence electrons. The summed E-state index contributed by atoms with van der Waals surface area (Å²) in [5, 5.41) is 0. The van der Waals surface area contributed by atoms with Crippen LogP contribution in [0.3, 0.4) is 0 Å². The Bertz CT molecular complexity index is 785. The molecule has 4 rings (SSSR count). The Morgan fingerprint density at radius 2 is 1.79 bits per heavy atom. The average molecular weight is 400 g/mol. The number of rotatable bonds is 6. The van der Waals surface area contributed by atoms with E-state index in [1.54, 1.807) is 23.7 Å². The smallest absolute Gasteiger partial charge is 0.254 e. The Kier molecular flexibility index (Phi) is 6.22. The van der Waals surface area contributed by atoms with E-state index in [0.717, 1.165) is 83.0 Å². The van der Waals surface area contributed by atoms with Crippen molar-refractivity contribution in [1.29, 1.82) is 0 Å². The lowest BCUT2D eigenvalue weighted by Gasteiger charge is -2.34. The van der Waals surface area contributed by atoms with Crippen LogP contribution in [0.15, 0.2) is 24.5 Å². The van der Waals surface area contributed by atoms with E-state index in [1.165, 1.54) is 9.75 Å². The van der Waals surface area contributed by atoms with Crippen LogP contribution in [0, 0.1) is 6.92 Å². The number of carbonyl (C=O) groups is 1. The third-order valence-electron chi connectivity index (χ3n) is 5.64. The van der Waals surface area contributed by atoms with Crippen molar-refractivity contribution in [3.05, 3.63) is 39.8 Å². The summed E-state index contributed by atoms with van der Waals surface area (Å²) in [6.45, 7) is 9.05. The van der Waals surface area contributed by atoms with E-state index in [2.05, 4.69) is 37.7 Å². The summed E-state index contributed by atoms with van der Waals surface area (Å²) < 4.78 is 0. The molecule has 0 atom stereocenters. The minimum Gasteiger partial charge on any atom is -0.339 e. The van der Waals surface area contributed by atoms with Crippen molar-refractivity contribution in [3.63, 3.8) is 0 Å². The molecule has 0 unspecified atom stereocenters. The molecular weight excluding hydrogens is 370 g/mol. The molecule has 0 radical (unpaired) electrons. The molecule has 28 heavy (non-hydrogen) atoms. The van der Waals surface area contributed by atoms with Gasteiger partial charge in [0, 0.05) is 61.4 Å². The molecule has 4 heterocycles. The first-order valence-electron chi connectivity index (χ1n) is 10.3. The lowest BCUT2D eigenvalue weighted by atomic mass is 10.2. The number of amides is 1. The van der Waals surface area contributed by atoms with E-state index in [0.29, 0.717) is 0 Å². The van der Waals surface area contributed by atoms with E-state index in [9.17, 15) is 4.79 Å². The summed E-state index contributed by atoms with van der Waals surface area (Å²) >= 11 is 1.79. The Morgan fingerprint density at radius 3 is 2.57 bits per heavy atom. The lowest BCUT2D eigenvalue weighted by molar-refractivity contribution is 0.0756.